The van der Waals surface area contributed by atoms with E-state index in [0.717, 1.165) is 70.3 Å². The van der Waals surface area contributed by atoms with Crippen molar-refractivity contribution in [3.8, 4) is 0 Å². The largest absolute Gasteiger partial charge is 0.379 e. The number of nitrogens with one attached hydrogen (secondary N) is 1. The number of guanidine groups is 1. The molecule has 0 radical (unpaired) electrons. The van der Waals surface area contributed by atoms with Gasteiger partial charge in [0.25, 0.3) is 0 Å². The Kier molecular flexibility index (Phi) is 7.37. The highest BCUT2D eigenvalue weighted by atomic mass is 16.5. The van der Waals surface area contributed by atoms with Gasteiger partial charge in [-0.15, -0.1) is 0 Å². The smallest absolute Gasteiger partial charge is 0.193 e. The van der Waals surface area contributed by atoms with Crippen LogP contribution in [0.4, 0.5) is 0 Å². The van der Waals surface area contributed by atoms with Crippen LogP contribution in [0.25, 0.3) is 0 Å². The molecule has 3 aliphatic rings. The van der Waals surface area contributed by atoms with Crippen molar-refractivity contribution in [2.45, 2.75) is 26.2 Å². The molecule has 25 heavy (non-hydrogen) atoms. The maximum absolute atomic E-state index is 5.47. The molecule has 3 aliphatic heterocycles. The van der Waals surface area contributed by atoms with Gasteiger partial charge in [0.15, 0.2) is 5.96 Å². The number of rotatable bonds is 5. The van der Waals surface area contributed by atoms with E-state index in [-0.39, 0.29) is 0 Å². The maximum Gasteiger partial charge on any atom is 0.193 e. The minimum absolute atomic E-state index is 0.721. The zero-order chi connectivity index (χ0) is 17.5. The Hall–Kier alpha value is -0.850. The van der Waals surface area contributed by atoms with Crippen LogP contribution in [0.15, 0.2) is 4.99 Å². The van der Waals surface area contributed by atoms with Crippen molar-refractivity contribution in [3.63, 3.8) is 0 Å². The molecule has 2 atom stereocenters. The van der Waals surface area contributed by atoms with Crippen LogP contribution in [0.5, 0.6) is 0 Å². The van der Waals surface area contributed by atoms with Gasteiger partial charge < -0.3 is 19.9 Å². The molecule has 3 rings (SSSR count). The van der Waals surface area contributed by atoms with Crippen LogP contribution in [-0.4, -0.2) is 99.8 Å². The Morgan fingerprint density at radius 3 is 2.68 bits per heavy atom. The molecule has 0 aromatic heterocycles. The number of morpholine rings is 1. The molecule has 3 heterocycles. The van der Waals surface area contributed by atoms with Crippen LogP contribution in [0.2, 0.25) is 0 Å². The highest BCUT2D eigenvalue weighted by Gasteiger charge is 2.27. The second kappa shape index (κ2) is 9.74. The molecule has 6 nitrogen and oxygen atoms in total. The van der Waals surface area contributed by atoms with Gasteiger partial charge in [0.1, 0.15) is 0 Å². The summed E-state index contributed by atoms with van der Waals surface area (Å²) in [7, 11) is 2.23. The first-order valence-electron chi connectivity index (χ1n) is 10.3. The van der Waals surface area contributed by atoms with Gasteiger partial charge in [0.05, 0.1) is 13.2 Å². The third kappa shape index (κ3) is 5.83. The number of aliphatic imine (C=N–C) groups is 1. The lowest BCUT2D eigenvalue weighted by Gasteiger charge is -2.30. The number of piperidine rings is 1. The fraction of sp³-hybridized carbons (Fsp3) is 0.947. The molecule has 1 N–H and O–H groups in total. The first-order valence-corrected chi connectivity index (χ1v) is 10.3. The van der Waals surface area contributed by atoms with Crippen molar-refractivity contribution < 1.29 is 4.74 Å². The molecule has 3 fully saturated rings. The summed E-state index contributed by atoms with van der Waals surface area (Å²) in [6, 6.07) is 0. The van der Waals surface area contributed by atoms with Gasteiger partial charge in [-0.2, -0.15) is 0 Å². The summed E-state index contributed by atoms with van der Waals surface area (Å²) in [6.45, 7) is 14.0. The summed E-state index contributed by atoms with van der Waals surface area (Å²) in [5, 5.41) is 3.53. The summed E-state index contributed by atoms with van der Waals surface area (Å²) < 4.78 is 5.47. The van der Waals surface area contributed by atoms with Crippen LogP contribution in [0.3, 0.4) is 0 Å². The fourth-order valence-electron chi connectivity index (χ4n) is 4.39. The maximum atomic E-state index is 5.47. The number of hydrogen-bond acceptors (Lipinski definition) is 4. The highest BCUT2D eigenvalue weighted by Crippen LogP contribution is 2.19. The van der Waals surface area contributed by atoms with Crippen LogP contribution in [0.1, 0.15) is 26.2 Å². The van der Waals surface area contributed by atoms with Crippen molar-refractivity contribution in [3.05, 3.63) is 0 Å². The first kappa shape index (κ1) is 18.9. The molecular weight excluding hydrogens is 314 g/mol. The summed E-state index contributed by atoms with van der Waals surface area (Å²) in [5.74, 6) is 2.63. The molecule has 0 spiro atoms. The molecule has 6 heteroatoms. The lowest BCUT2D eigenvalue weighted by Crippen LogP contribution is -2.43. The van der Waals surface area contributed by atoms with E-state index in [0.29, 0.717) is 0 Å². The number of likely N-dealkylation sites (tertiary alicyclic amines) is 2. The molecule has 0 saturated carbocycles. The SMILES string of the molecule is CCNC(=NCC1CCCN(C)C1)N1CCC(CN2CCOCC2)C1. The Morgan fingerprint density at radius 1 is 1.08 bits per heavy atom. The molecule has 2 unspecified atom stereocenters. The fourth-order valence-corrected chi connectivity index (χ4v) is 4.39. The van der Waals surface area contributed by atoms with Gasteiger partial charge in [0, 0.05) is 52.4 Å². The summed E-state index contributed by atoms with van der Waals surface area (Å²) >= 11 is 0. The van der Waals surface area contributed by atoms with E-state index in [1.165, 1.54) is 38.9 Å². The lowest BCUT2D eigenvalue weighted by molar-refractivity contribution is 0.0315. The number of nitrogens with zero attached hydrogens (tertiary/aromatic N) is 4. The Morgan fingerprint density at radius 2 is 1.92 bits per heavy atom. The molecule has 3 saturated heterocycles. The number of hydrogen-bond donors (Lipinski definition) is 1. The van der Waals surface area contributed by atoms with Gasteiger partial charge >= 0.3 is 0 Å². The summed E-state index contributed by atoms with van der Waals surface area (Å²) in [5.41, 5.74) is 0. The van der Waals surface area contributed by atoms with E-state index >= 15 is 0 Å². The van der Waals surface area contributed by atoms with Gasteiger partial charge in [-0.3, -0.25) is 9.89 Å². The highest BCUT2D eigenvalue weighted by molar-refractivity contribution is 5.80. The zero-order valence-electron chi connectivity index (χ0n) is 16.3. The third-order valence-electron chi connectivity index (χ3n) is 5.76. The van der Waals surface area contributed by atoms with E-state index < -0.39 is 0 Å². The topological polar surface area (TPSA) is 43.3 Å². The van der Waals surface area contributed by atoms with Gasteiger partial charge in [-0.25, -0.2) is 0 Å². The van der Waals surface area contributed by atoms with Crippen LogP contribution in [0, 0.1) is 11.8 Å². The quantitative estimate of drug-likeness (QED) is 0.590. The minimum Gasteiger partial charge on any atom is -0.379 e. The summed E-state index contributed by atoms with van der Waals surface area (Å²) in [6.07, 6.45) is 3.93. The van der Waals surface area contributed by atoms with Crippen molar-refractivity contribution in [1.29, 1.82) is 0 Å². The Labute approximate surface area is 153 Å². The zero-order valence-corrected chi connectivity index (χ0v) is 16.3. The molecule has 0 aromatic carbocycles. The monoisotopic (exact) mass is 351 g/mol. The third-order valence-corrected chi connectivity index (χ3v) is 5.76. The van der Waals surface area contributed by atoms with E-state index in [9.17, 15) is 0 Å². The second-order valence-electron chi connectivity index (χ2n) is 7.98. The van der Waals surface area contributed by atoms with E-state index in [4.69, 9.17) is 9.73 Å². The standard InChI is InChI=1S/C19H37N5O/c1-3-20-19(21-13-17-5-4-7-22(2)14-17)24-8-6-18(16-24)15-23-9-11-25-12-10-23/h17-18H,3-16H2,1-2H3,(H,20,21). The van der Waals surface area contributed by atoms with Crippen molar-refractivity contribution >= 4 is 5.96 Å². The average molecular weight is 352 g/mol. The van der Waals surface area contributed by atoms with Crippen LogP contribution in [-0.2, 0) is 4.74 Å². The number of ether oxygens (including phenoxy) is 1. The van der Waals surface area contributed by atoms with Crippen molar-refractivity contribution in [2.75, 3.05) is 79.2 Å². The van der Waals surface area contributed by atoms with Crippen molar-refractivity contribution in [1.82, 2.24) is 20.0 Å². The lowest BCUT2D eigenvalue weighted by atomic mass is 9.99. The van der Waals surface area contributed by atoms with E-state index in [2.05, 4.69) is 34.0 Å². The normalized spacial score (nSPS) is 30.0. The van der Waals surface area contributed by atoms with E-state index in [1.807, 2.05) is 0 Å². The molecular formula is C19H37N5O. The van der Waals surface area contributed by atoms with Crippen LogP contribution >= 0.6 is 0 Å². The molecule has 0 aromatic rings. The average Bonchev–Trinajstić information content (AvgIpc) is 3.08. The molecule has 144 valence electrons. The Balaban J connectivity index is 1.49. The van der Waals surface area contributed by atoms with Gasteiger partial charge in [-0.1, -0.05) is 0 Å². The minimum atomic E-state index is 0.721. The predicted octanol–water partition coefficient (Wildman–Crippen LogP) is 0.948. The molecule has 0 amide bonds. The van der Waals surface area contributed by atoms with Gasteiger partial charge in [-0.05, 0) is 51.6 Å². The molecule has 0 aliphatic carbocycles. The predicted molar refractivity (Wildman–Crippen MR) is 103 cm³/mol. The summed E-state index contributed by atoms with van der Waals surface area (Å²) in [4.78, 5) is 12.5. The van der Waals surface area contributed by atoms with Gasteiger partial charge in [0.2, 0.25) is 0 Å². The van der Waals surface area contributed by atoms with E-state index in [1.54, 1.807) is 0 Å². The van der Waals surface area contributed by atoms with Crippen LogP contribution < -0.4 is 5.32 Å². The second-order valence-corrected chi connectivity index (χ2v) is 7.98. The van der Waals surface area contributed by atoms with Crippen molar-refractivity contribution in [2.24, 2.45) is 16.8 Å². The molecule has 0 bridgehead atoms. The first-order chi connectivity index (χ1) is 12.2. The Bertz CT molecular complexity index is 424.